The molecule has 21 heavy (non-hydrogen) atoms. The van der Waals surface area contributed by atoms with Crippen molar-refractivity contribution in [2.45, 2.75) is 51.7 Å². The molecule has 0 aromatic carbocycles. The van der Waals surface area contributed by atoms with Crippen LogP contribution in [0.2, 0.25) is 0 Å². The van der Waals surface area contributed by atoms with E-state index < -0.39 is 5.60 Å². The number of likely N-dealkylation sites (tertiary alicyclic amines) is 1. The highest BCUT2D eigenvalue weighted by Crippen LogP contribution is 2.47. The van der Waals surface area contributed by atoms with Crippen molar-refractivity contribution < 1.29 is 14.3 Å². The van der Waals surface area contributed by atoms with Crippen LogP contribution in [0.5, 0.6) is 0 Å². The van der Waals surface area contributed by atoms with E-state index in [9.17, 15) is 4.79 Å². The van der Waals surface area contributed by atoms with Crippen molar-refractivity contribution in [3.8, 4) is 0 Å². The Kier molecular flexibility index (Phi) is 3.91. The monoisotopic (exact) mass is 296 g/mol. The largest absolute Gasteiger partial charge is 0.444 e. The zero-order chi connectivity index (χ0) is 15.1. The van der Waals surface area contributed by atoms with E-state index in [-0.39, 0.29) is 6.09 Å². The van der Waals surface area contributed by atoms with Gasteiger partial charge in [-0.3, -0.25) is 4.90 Å². The quantitative estimate of drug-likeness (QED) is 0.743. The minimum Gasteiger partial charge on any atom is -0.444 e. The zero-order valence-electron chi connectivity index (χ0n) is 13.6. The van der Waals surface area contributed by atoms with Crippen LogP contribution in [0.4, 0.5) is 4.79 Å². The Morgan fingerprint density at radius 2 is 1.90 bits per heavy atom. The van der Waals surface area contributed by atoms with E-state index in [1.165, 1.54) is 19.3 Å². The summed E-state index contributed by atoms with van der Waals surface area (Å²) in [7, 11) is 0. The highest BCUT2D eigenvalue weighted by molar-refractivity contribution is 5.69. The van der Waals surface area contributed by atoms with Crippen LogP contribution >= 0.6 is 0 Å². The minimum absolute atomic E-state index is 0.150. The second kappa shape index (κ2) is 5.43. The lowest BCUT2D eigenvalue weighted by atomic mass is 9.78. The number of ether oxygens (including phenoxy) is 2. The smallest absolute Gasteiger partial charge is 0.410 e. The van der Waals surface area contributed by atoms with E-state index in [1.54, 1.807) is 0 Å². The van der Waals surface area contributed by atoms with Crippen molar-refractivity contribution in [1.82, 2.24) is 9.80 Å². The van der Waals surface area contributed by atoms with Gasteiger partial charge < -0.3 is 14.4 Å². The molecule has 1 spiro atoms. The topological polar surface area (TPSA) is 42.0 Å². The van der Waals surface area contributed by atoms with Gasteiger partial charge in [0.2, 0.25) is 0 Å². The molecule has 1 atom stereocenters. The van der Waals surface area contributed by atoms with Gasteiger partial charge >= 0.3 is 6.09 Å². The summed E-state index contributed by atoms with van der Waals surface area (Å²) in [6, 6.07) is 0.690. The number of hydrogen-bond acceptors (Lipinski definition) is 4. The normalized spacial score (nSPS) is 29.5. The van der Waals surface area contributed by atoms with Crippen LogP contribution in [0.3, 0.4) is 0 Å². The Morgan fingerprint density at radius 1 is 1.24 bits per heavy atom. The molecule has 1 unspecified atom stereocenters. The van der Waals surface area contributed by atoms with Crippen LogP contribution in [-0.2, 0) is 9.47 Å². The molecule has 0 radical (unpaired) electrons. The number of carbonyl (C=O) groups is 1. The zero-order valence-corrected chi connectivity index (χ0v) is 13.6. The first-order chi connectivity index (χ1) is 9.87. The Morgan fingerprint density at radius 3 is 2.52 bits per heavy atom. The molecule has 1 amide bonds. The van der Waals surface area contributed by atoms with E-state index in [0.717, 1.165) is 39.4 Å². The molecular weight excluding hydrogens is 268 g/mol. The second-order valence-corrected chi connectivity index (χ2v) is 7.88. The summed E-state index contributed by atoms with van der Waals surface area (Å²) >= 11 is 0. The van der Waals surface area contributed by atoms with Gasteiger partial charge in [-0.15, -0.1) is 0 Å². The first-order valence-corrected chi connectivity index (χ1v) is 8.17. The van der Waals surface area contributed by atoms with Crippen LogP contribution in [0.15, 0.2) is 0 Å². The highest BCUT2D eigenvalue weighted by atomic mass is 16.6. The molecule has 2 aliphatic heterocycles. The van der Waals surface area contributed by atoms with Gasteiger partial charge in [0.1, 0.15) is 5.60 Å². The Hall–Kier alpha value is -0.810. The molecule has 5 nitrogen and oxygen atoms in total. The molecule has 3 aliphatic rings. The first kappa shape index (κ1) is 15.1. The molecule has 3 rings (SSSR count). The summed E-state index contributed by atoms with van der Waals surface area (Å²) in [6.45, 7) is 11.4. The van der Waals surface area contributed by atoms with Crippen LogP contribution < -0.4 is 0 Å². The lowest BCUT2D eigenvalue weighted by molar-refractivity contribution is -0.0374. The molecule has 0 N–H and O–H groups in total. The molecule has 5 heteroatoms. The van der Waals surface area contributed by atoms with Crippen molar-refractivity contribution in [3.05, 3.63) is 0 Å². The number of amides is 1. The number of hydrogen-bond donors (Lipinski definition) is 0. The maximum Gasteiger partial charge on any atom is 0.410 e. The maximum atomic E-state index is 12.0. The summed E-state index contributed by atoms with van der Waals surface area (Å²) < 4.78 is 10.9. The number of rotatable bonds is 1. The van der Waals surface area contributed by atoms with Gasteiger partial charge in [-0.1, -0.05) is 0 Å². The van der Waals surface area contributed by atoms with Gasteiger partial charge in [0.25, 0.3) is 0 Å². The van der Waals surface area contributed by atoms with Crippen LogP contribution in [0.1, 0.15) is 40.0 Å². The van der Waals surface area contributed by atoms with Crippen molar-refractivity contribution >= 4 is 6.09 Å². The van der Waals surface area contributed by atoms with E-state index in [0.29, 0.717) is 11.5 Å². The van der Waals surface area contributed by atoms with E-state index >= 15 is 0 Å². The Labute approximate surface area is 127 Å². The molecule has 0 aromatic rings. The molecule has 2 heterocycles. The maximum absolute atomic E-state index is 12.0. The van der Waals surface area contributed by atoms with Gasteiger partial charge in [-0.05, 0) is 40.0 Å². The van der Waals surface area contributed by atoms with Gasteiger partial charge in [-0.25, -0.2) is 4.79 Å². The minimum atomic E-state index is -0.397. The number of morpholine rings is 1. The average molecular weight is 296 g/mol. The van der Waals surface area contributed by atoms with Crippen molar-refractivity contribution in [1.29, 1.82) is 0 Å². The molecule has 3 fully saturated rings. The predicted molar refractivity (Wildman–Crippen MR) is 80.3 cm³/mol. The van der Waals surface area contributed by atoms with Gasteiger partial charge in [0.05, 0.1) is 13.2 Å². The summed E-state index contributed by atoms with van der Waals surface area (Å²) in [5.74, 6) is 0. The standard InChI is InChI=1S/C16H28N2O3/c1-15(2,3)21-14(19)18-11-16(12-18)5-4-13(10-16)17-6-8-20-9-7-17/h13H,4-12H2,1-3H3. The summed E-state index contributed by atoms with van der Waals surface area (Å²) in [5.41, 5.74) is -0.0360. The summed E-state index contributed by atoms with van der Waals surface area (Å²) in [6.07, 6.45) is 3.59. The average Bonchev–Trinajstić information content (AvgIpc) is 2.81. The molecule has 0 aromatic heterocycles. The molecule has 0 bridgehead atoms. The second-order valence-electron chi connectivity index (χ2n) is 7.88. The fraction of sp³-hybridized carbons (Fsp3) is 0.938. The number of nitrogens with zero attached hydrogens (tertiary/aromatic N) is 2. The van der Waals surface area contributed by atoms with Crippen LogP contribution in [0, 0.1) is 5.41 Å². The predicted octanol–water partition coefficient (Wildman–Crippen LogP) is 2.11. The number of carbonyl (C=O) groups excluding carboxylic acids is 1. The fourth-order valence-corrected chi connectivity index (χ4v) is 3.94. The molecule has 1 saturated carbocycles. The first-order valence-electron chi connectivity index (χ1n) is 8.17. The highest BCUT2D eigenvalue weighted by Gasteiger charge is 2.51. The van der Waals surface area contributed by atoms with Gasteiger partial charge in [0.15, 0.2) is 0 Å². The Bertz CT molecular complexity index is 393. The lowest BCUT2D eigenvalue weighted by Crippen LogP contribution is -2.58. The van der Waals surface area contributed by atoms with Crippen LogP contribution in [0.25, 0.3) is 0 Å². The van der Waals surface area contributed by atoms with Crippen molar-refractivity contribution in [3.63, 3.8) is 0 Å². The van der Waals surface area contributed by atoms with Gasteiger partial charge in [0, 0.05) is 37.6 Å². The van der Waals surface area contributed by atoms with E-state index in [1.807, 2.05) is 25.7 Å². The third kappa shape index (κ3) is 3.34. The van der Waals surface area contributed by atoms with E-state index in [2.05, 4.69) is 4.90 Å². The third-order valence-electron chi connectivity index (χ3n) is 4.94. The lowest BCUT2D eigenvalue weighted by Gasteiger charge is -2.48. The fourth-order valence-electron chi connectivity index (χ4n) is 3.94. The van der Waals surface area contributed by atoms with Crippen LogP contribution in [-0.4, -0.2) is 66.9 Å². The van der Waals surface area contributed by atoms with E-state index in [4.69, 9.17) is 9.47 Å². The third-order valence-corrected chi connectivity index (χ3v) is 4.94. The summed E-state index contributed by atoms with van der Waals surface area (Å²) in [5, 5.41) is 0. The SMILES string of the molecule is CC(C)(C)OC(=O)N1CC2(CCC(N3CCOCC3)C2)C1. The van der Waals surface area contributed by atoms with Crippen molar-refractivity contribution in [2.24, 2.45) is 5.41 Å². The Balaban J connectivity index is 1.48. The molecular formula is C16H28N2O3. The van der Waals surface area contributed by atoms with Gasteiger partial charge in [-0.2, -0.15) is 0 Å². The molecule has 2 saturated heterocycles. The summed E-state index contributed by atoms with van der Waals surface area (Å²) in [4.78, 5) is 16.5. The molecule has 120 valence electrons. The molecule has 1 aliphatic carbocycles. The van der Waals surface area contributed by atoms with Crippen molar-refractivity contribution in [2.75, 3.05) is 39.4 Å².